The van der Waals surface area contributed by atoms with Crippen LogP contribution in [-0.4, -0.2) is 69.7 Å². The minimum Gasteiger partial charge on any atom is -0.396 e. The lowest BCUT2D eigenvalue weighted by Crippen LogP contribution is -2.37. The number of aliphatic hydroxyl groups excluding tert-OH is 1. The van der Waals surface area contributed by atoms with Crippen molar-refractivity contribution in [1.29, 1.82) is 0 Å². The predicted molar refractivity (Wildman–Crippen MR) is 92.4 cm³/mol. The first-order valence-electron chi connectivity index (χ1n) is 9.33. The lowest BCUT2D eigenvalue weighted by molar-refractivity contribution is -0.130. The van der Waals surface area contributed by atoms with E-state index in [1.54, 1.807) is 12.5 Å². The first-order valence-corrected chi connectivity index (χ1v) is 9.33. The molecule has 1 N–H and O–H groups in total. The maximum Gasteiger partial charge on any atom is 0.222 e. The SMILES string of the molecule is O=C(CCCn1ccnc1)N1C[C@@H](CN2CCCCC2)[C@@H](CO)C1. The topological polar surface area (TPSA) is 61.6 Å². The largest absolute Gasteiger partial charge is 0.396 e. The van der Waals surface area contributed by atoms with Crippen LogP contribution in [0.4, 0.5) is 0 Å². The predicted octanol–water partition coefficient (Wildman–Crippen LogP) is 1.22. The van der Waals surface area contributed by atoms with Crippen LogP contribution in [0.2, 0.25) is 0 Å². The van der Waals surface area contributed by atoms with E-state index in [1.165, 1.54) is 32.4 Å². The summed E-state index contributed by atoms with van der Waals surface area (Å²) < 4.78 is 2.01. The number of aliphatic hydroxyl groups is 1. The number of likely N-dealkylation sites (tertiary alicyclic amines) is 2. The number of aromatic nitrogens is 2. The van der Waals surface area contributed by atoms with Gasteiger partial charge in [-0.05, 0) is 38.3 Å². The third-order valence-corrected chi connectivity index (χ3v) is 5.47. The maximum absolute atomic E-state index is 12.5. The van der Waals surface area contributed by atoms with Gasteiger partial charge in [-0.3, -0.25) is 4.79 Å². The van der Waals surface area contributed by atoms with E-state index in [0.29, 0.717) is 12.3 Å². The van der Waals surface area contributed by atoms with Crippen LogP contribution < -0.4 is 0 Å². The molecule has 0 bridgehead atoms. The summed E-state index contributed by atoms with van der Waals surface area (Å²) in [6.45, 7) is 5.94. The van der Waals surface area contributed by atoms with E-state index in [0.717, 1.165) is 32.6 Å². The van der Waals surface area contributed by atoms with Gasteiger partial charge in [0.15, 0.2) is 0 Å². The molecular formula is C18H30N4O2. The third kappa shape index (κ3) is 4.57. The molecule has 2 aliphatic rings. The third-order valence-electron chi connectivity index (χ3n) is 5.47. The Bertz CT molecular complexity index is 499. The van der Waals surface area contributed by atoms with Crippen LogP contribution >= 0.6 is 0 Å². The molecule has 0 saturated carbocycles. The van der Waals surface area contributed by atoms with Crippen molar-refractivity contribution in [3.8, 4) is 0 Å². The van der Waals surface area contributed by atoms with Gasteiger partial charge in [-0.15, -0.1) is 0 Å². The zero-order valence-electron chi connectivity index (χ0n) is 14.5. The Morgan fingerprint density at radius 3 is 2.67 bits per heavy atom. The fourth-order valence-corrected chi connectivity index (χ4v) is 4.02. The zero-order chi connectivity index (χ0) is 16.8. The number of aryl methyl sites for hydroxylation is 1. The second kappa shape index (κ2) is 8.62. The molecule has 6 nitrogen and oxygen atoms in total. The second-order valence-corrected chi connectivity index (χ2v) is 7.27. The van der Waals surface area contributed by atoms with Crippen molar-refractivity contribution in [2.24, 2.45) is 11.8 Å². The summed E-state index contributed by atoms with van der Waals surface area (Å²) in [4.78, 5) is 21.0. The number of piperidine rings is 1. The molecular weight excluding hydrogens is 304 g/mol. The molecule has 2 fully saturated rings. The molecule has 6 heteroatoms. The summed E-state index contributed by atoms with van der Waals surface area (Å²) in [6.07, 6.45) is 10.8. The number of hydrogen-bond donors (Lipinski definition) is 1. The number of nitrogens with zero attached hydrogens (tertiary/aromatic N) is 4. The van der Waals surface area contributed by atoms with Gasteiger partial charge >= 0.3 is 0 Å². The molecule has 0 radical (unpaired) electrons. The number of carbonyl (C=O) groups is 1. The smallest absolute Gasteiger partial charge is 0.222 e. The average molecular weight is 334 g/mol. The lowest BCUT2D eigenvalue weighted by Gasteiger charge is -2.30. The highest BCUT2D eigenvalue weighted by Gasteiger charge is 2.35. The summed E-state index contributed by atoms with van der Waals surface area (Å²) in [5, 5.41) is 9.70. The minimum absolute atomic E-state index is 0.192. The highest BCUT2D eigenvalue weighted by Crippen LogP contribution is 2.26. The van der Waals surface area contributed by atoms with Crippen molar-refractivity contribution in [1.82, 2.24) is 19.4 Å². The summed E-state index contributed by atoms with van der Waals surface area (Å²) >= 11 is 0. The molecule has 0 spiro atoms. The molecule has 24 heavy (non-hydrogen) atoms. The van der Waals surface area contributed by atoms with Crippen LogP contribution in [0.1, 0.15) is 32.1 Å². The van der Waals surface area contributed by atoms with E-state index in [-0.39, 0.29) is 18.4 Å². The molecule has 0 unspecified atom stereocenters. The van der Waals surface area contributed by atoms with Crippen LogP contribution in [0, 0.1) is 11.8 Å². The molecule has 2 atom stereocenters. The van der Waals surface area contributed by atoms with Gasteiger partial charge in [0.2, 0.25) is 5.91 Å². The minimum atomic E-state index is 0.192. The molecule has 1 aromatic rings. The van der Waals surface area contributed by atoms with E-state index in [4.69, 9.17) is 0 Å². The Balaban J connectivity index is 1.44. The van der Waals surface area contributed by atoms with Gasteiger partial charge in [-0.25, -0.2) is 4.98 Å². The van der Waals surface area contributed by atoms with E-state index in [9.17, 15) is 9.90 Å². The number of carbonyl (C=O) groups excluding carboxylic acids is 1. The van der Waals surface area contributed by atoms with Gasteiger partial charge in [0, 0.05) is 57.5 Å². The second-order valence-electron chi connectivity index (χ2n) is 7.27. The maximum atomic E-state index is 12.5. The fourth-order valence-electron chi connectivity index (χ4n) is 4.02. The van der Waals surface area contributed by atoms with Gasteiger partial charge in [0.1, 0.15) is 0 Å². The van der Waals surface area contributed by atoms with Crippen molar-refractivity contribution >= 4 is 5.91 Å². The van der Waals surface area contributed by atoms with Crippen LogP contribution in [0.3, 0.4) is 0 Å². The molecule has 0 aromatic carbocycles. The molecule has 0 aliphatic carbocycles. The quantitative estimate of drug-likeness (QED) is 0.814. The lowest BCUT2D eigenvalue weighted by atomic mass is 9.95. The monoisotopic (exact) mass is 334 g/mol. The first-order chi connectivity index (χ1) is 11.8. The number of imidazole rings is 1. The van der Waals surface area contributed by atoms with E-state index in [1.807, 2.05) is 15.7 Å². The van der Waals surface area contributed by atoms with E-state index in [2.05, 4.69) is 9.88 Å². The van der Waals surface area contributed by atoms with Gasteiger partial charge in [-0.2, -0.15) is 0 Å². The molecule has 3 rings (SSSR count). The van der Waals surface area contributed by atoms with Gasteiger partial charge in [0.05, 0.1) is 6.33 Å². The van der Waals surface area contributed by atoms with Gasteiger partial charge < -0.3 is 19.5 Å². The highest BCUT2D eigenvalue weighted by atomic mass is 16.3. The number of rotatable bonds is 7. The van der Waals surface area contributed by atoms with Gasteiger partial charge in [0.25, 0.3) is 0 Å². The van der Waals surface area contributed by atoms with E-state index < -0.39 is 0 Å². The normalized spacial score (nSPS) is 25.3. The van der Waals surface area contributed by atoms with Crippen molar-refractivity contribution in [2.75, 3.05) is 39.3 Å². The van der Waals surface area contributed by atoms with Crippen LogP contribution in [0.5, 0.6) is 0 Å². The molecule has 2 aliphatic heterocycles. The van der Waals surface area contributed by atoms with Crippen molar-refractivity contribution in [2.45, 2.75) is 38.6 Å². The molecule has 1 amide bonds. The Hall–Kier alpha value is -1.40. The van der Waals surface area contributed by atoms with Crippen LogP contribution in [-0.2, 0) is 11.3 Å². The number of amides is 1. The van der Waals surface area contributed by atoms with Crippen molar-refractivity contribution in [3.05, 3.63) is 18.7 Å². The molecule has 2 saturated heterocycles. The van der Waals surface area contributed by atoms with Gasteiger partial charge in [-0.1, -0.05) is 6.42 Å². The van der Waals surface area contributed by atoms with Crippen molar-refractivity contribution < 1.29 is 9.90 Å². The Kier molecular flexibility index (Phi) is 6.26. The summed E-state index contributed by atoms with van der Waals surface area (Å²) in [5.74, 6) is 0.893. The Morgan fingerprint density at radius 2 is 1.96 bits per heavy atom. The molecule has 134 valence electrons. The average Bonchev–Trinajstić information content (AvgIpc) is 3.25. The van der Waals surface area contributed by atoms with Crippen molar-refractivity contribution in [3.63, 3.8) is 0 Å². The molecule has 3 heterocycles. The summed E-state index contributed by atoms with van der Waals surface area (Å²) in [5.41, 5.74) is 0. The summed E-state index contributed by atoms with van der Waals surface area (Å²) in [7, 11) is 0. The van der Waals surface area contributed by atoms with Crippen LogP contribution in [0.25, 0.3) is 0 Å². The highest BCUT2D eigenvalue weighted by molar-refractivity contribution is 5.76. The first kappa shape index (κ1) is 17.4. The summed E-state index contributed by atoms with van der Waals surface area (Å²) in [6, 6.07) is 0. The standard InChI is InChI=1S/C18H30N4O2/c23-14-17-13-22(12-16(17)11-20-7-2-1-3-8-20)18(24)5-4-9-21-10-6-19-15-21/h6,10,15-17,23H,1-5,7-9,11-14H2/t16-,17-/m1/s1. The fraction of sp³-hybridized carbons (Fsp3) is 0.778. The van der Waals surface area contributed by atoms with Crippen LogP contribution in [0.15, 0.2) is 18.7 Å². The zero-order valence-corrected chi connectivity index (χ0v) is 14.5. The number of hydrogen-bond acceptors (Lipinski definition) is 4. The Labute approximate surface area is 144 Å². The Morgan fingerprint density at radius 1 is 1.17 bits per heavy atom. The van der Waals surface area contributed by atoms with E-state index >= 15 is 0 Å². The molecule has 1 aromatic heterocycles.